The summed E-state index contributed by atoms with van der Waals surface area (Å²) in [5.74, 6) is -0.0134. The lowest BCUT2D eigenvalue weighted by Gasteiger charge is -2.17. The lowest BCUT2D eigenvalue weighted by molar-refractivity contribution is -0.119. The Morgan fingerprint density at radius 1 is 1.15 bits per heavy atom. The second kappa shape index (κ2) is 5.99. The van der Waals surface area contributed by atoms with E-state index in [0.29, 0.717) is 22.5 Å². The Hall–Kier alpha value is -3.13. The number of sulfonamides is 1. The second-order valence-corrected chi connectivity index (χ2v) is 7.68. The highest BCUT2D eigenvalue weighted by atomic mass is 32.2. The number of nitrogens with one attached hydrogen (secondary N) is 1. The van der Waals surface area contributed by atoms with E-state index < -0.39 is 15.9 Å². The molecule has 7 nitrogen and oxygen atoms in total. The average molecular weight is 369 g/mol. The van der Waals surface area contributed by atoms with Crippen molar-refractivity contribution in [3.05, 3.63) is 60.6 Å². The zero-order chi connectivity index (χ0) is 18.3. The molecule has 0 radical (unpaired) electrons. The summed E-state index contributed by atoms with van der Waals surface area (Å²) in [6.07, 6.45) is 1.50. The minimum Gasteiger partial charge on any atom is -0.463 e. The maximum absolute atomic E-state index is 12.8. The summed E-state index contributed by atoms with van der Waals surface area (Å²) in [5.41, 5.74) is 3.36. The van der Waals surface area contributed by atoms with Gasteiger partial charge in [-0.15, -0.1) is 0 Å². The maximum atomic E-state index is 12.8. The standard InChI is InChI=1S/C18H15N3O4S/c1-12(15-8-4-10-25-15)19-20-17(22)11-21-14-7-2-5-13-6-3-9-16(18(13)14)26(21,23)24/h2-10H,11H2,1H3,(H,20,22)/b19-12-. The van der Waals surface area contributed by atoms with E-state index in [2.05, 4.69) is 10.5 Å². The molecule has 0 unspecified atom stereocenters. The zero-order valence-electron chi connectivity index (χ0n) is 13.8. The molecule has 1 aliphatic heterocycles. The Morgan fingerprint density at radius 3 is 2.65 bits per heavy atom. The molecule has 0 saturated heterocycles. The molecule has 132 valence electrons. The number of rotatable bonds is 4. The predicted molar refractivity (Wildman–Crippen MR) is 97.5 cm³/mol. The van der Waals surface area contributed by atoms with Gasteiger partial charge in [-0.25, -0.2) is 13.8 Å². The van der Waals surface area contributed by atoms with Crippen LogP contribution in [0, 0.1) is 0 Å². The summed E-state index contributed by atoms with van der Waals surface area (Å²) in [4.78, 5) is 12.5. The first kappa shape index (κ1) is 16.3. The highest BCUT2D eigenvalue weighted by Gasteiger charge is 2.36. The van der Waals surface area contributed by atoms with E-state index >= 15 is 0 Å². The molecule has 1 N–H and O–H groups in total. The fourth-order valence-electron chi connectivity index (χ4n) is 2.98. The van der Waals surface area contributed by atoms with Crippen LogP contribution in [0.1, 0.15) is 12.7 Å². The molecule has 4 rings (SSSR count). The van der Waals surface area contributed by atoms with Crippen molar-refractivity contribution in [2.24, 2.45) is 5.10 Å². The molecule has 1 aromatic heterocycles. The number of amides is 1. The van der Waals surface area contributed by atoms with Gasteiger partial charge in [0.15, 0.2) is 0 Å². The molecular weight excluding hydrogens is 354 g/mol. The Balaban J connectivity index is 1.60. The summed E-state index contributed by atoms with van der Waals surface area (Å²) < 4.78 is 31.9. The van der Waals surface area contributed by atoms with Crippen LogP contribution < -0.4 is 9.73 Å². The molecule has 1 aliphatic rings. The van der Waals surface area contributed by atoms with E-state index in [9.17, 15) is 13.2 Å². The van der Waals surface area contributed by atoms with E-state index in [1.165, 1.54) is 6.26 Å². The van der Waals surface area contributed by atoms with Crippen LogP contribution in [0.3, 0.4) is 0 Å². The second-order valence-electron chi connectivity index (χ2n) is 5.85. The van der Waals surface area contributed by atoms with Crippen LogP contribution in [-0.2, 0) is 14.8 Å². The highest BCUT2D eigenvalue weighted by Crippen LogP contribution is 2.41. The molecular formula is C18H15N3O4S. The number of nitrogens with zero attached hydrogens (tertiary/aromatic N) is 2. The summed E-state index contributed by atoms with van der Waals surface area (Å²) in [7, 11) is -3.77. The Kier molecular flexibility index (Phi) is 3.77. The summed E-state index contributed by atoms with van der Waals surface area (Å²) in [5, 5.41) is 5.41. The number of hydrogen-bond donors (Lipinski definition) is 1. The first-order valence-corrected chi connectivity index (χ1v) is 9.34. The molecule has 0 aliphatic carbocycles. The fraction of sp³-hybridized carbons (Fsp3) is 0.111. The smallest absolute Gasteiger partial charge is 0.265 e. The van der Waals surface area contributed by atoms with E-state index in [4.69, 9.17) is 4.42 Å². The maximum Gasteiger partial charge on any atom is 0.265 e. The van der Waals surface area contributed by atoms with Gasteiger partial charge >= 0.3 is 0 Å². The van der Waals surface area contributed by atoms with Crippen molar-refractivity contribution >= 4 is 38.1 Å². The largest absolute Gasteiger partial charge is 0.463 e. The van der Waals surface area contributed by atoms with Crippen LogP contribution in [0.4, 0.5) is 5.69 Å². The van der Waals surface area contributed by atoms with E-state index in [1.54, 1.807) is 43.3 Å². The van der Waals surface area contributed by atoms with Crippen LogP contribution in [0.5, 0.6) is 0 Å². The van der Waals surface area contributed by atoms with Crippen molar-refractivity contribution < 1.29 is 17.6 Å². The molecule has 1 amide bonds. The van der Waals surface area contributed by atoms with Crippen LogP contribution in [0.15, 0.2) is 69.2 Å². The van der Waals surface area contributed by atoms with Gasteiger partial charge in [0.1, 0.15) is 18.0 Å². The molecule has 8 heteroatoms. The third-order valence-electron chi connectivity index (χ3n) is 4.19. The summed E-state index contributed by atoms with van der Waals surface area (Å²) >= 11 is 0. The fourth-order valence-corrected chi connectivity index (χ4v) is 4.65. The molecule has 0 saturated carbocycles. The van der Waals surface area contributed by atoms with Gasteiger partial charge in [-0.2, -0.15) is 5.10 Å². The van der Waals surface area contributed by atoms with E-state index in [1.807, 2.05) is 12.1 Å². The number of hydrogen-bond acceptors (Lipinski definition) is 5. The number of carbonyl (C=O) groups excluding carboxylic acids is 1. The quantitative estimate of drug-likeness (QED) is 0.565. The lowest BCUT2D eigenvalue weighted by Crippen LogP contribution is -2.37. The van der Waals surface area contributed by atoms with Gasteiger partial charge in [-0.1, -0.05) is 24.3 Å². The van der Waals surface area contributed by atoms with Gasteiger partial charge in [-0.05, 0) is 36.6 Å². The van der Waals surface area contributed by atoms with Gasteiger partial charge < -0.3 is 4.42 Å². The first-order chi connectivity index (χ1) is 12.5. The lowest BCUT2D eigenvalue weighted by atomic mass is 10.1. The molecule has 2 heterocycles. The summed E-state index contributed by atoms with van der Waals surface area (Å²) in [6, 6.07) is 13.8. The highest BCUT2D eigenvalue weighted by molar-refractivity contribution is 7.93. The molecule has 0 fully saturated rings. The number of benzene rings is 2. The zero-order valence-corrected chi connectivity index (χ0v) is 14.7. The van der Waals surface area contributed by atoms with Crippen LogP contribution in [0.25, 0.3) is 10.8 Å². The van der Waals surface area contributed by atoms with Crippen molar-refractivity contribution in [2.45, 2.75) is 11.8 Å². The number of carbonyl (C=O) groups is 1. The number of hydrazone groups is 1. The SMILES string of the molecule is C/C(=N/NC(=O)CN1c2cccc3cccc(c23)S1(=O)=O)c1ccco1. The van der Waals surface area contributed by atoms with E-state index in [0.717, 1.165) is 9.69 Å². The Morgan fingerprint density at radius 2 is 1.92 bits per heavy atom. The molecule has 0 bridgehead atoms. The summed E-state index contributed by atoms with van der Waals surface area (Å²) in [6.45, 7) is 1.33. The van der Waals surface area contributed by atoms with Gasteiger partial charge in [0.2, 0.25) is 0 Å². The minimum atomic E-state index is -3.77. The third-order valence-corrected chi connectivity index (χ3v) is 6.00. The van der Waals surface area contributed by atoms with Crippen molar-refractivity contribution in [1.29, 1.82) is 0 Å². The topological polar surface area (TPSA) is 92.0 Å². The normalized spacial score (nSPS) is 15.4. The van der Waals surface area contributed by atoms with Crippen molar-refractivity contribution in [1.82, 2.24) is 5.43 Å². The van der Waals surface area contributed by atoms with Crippen molar-refractivity contribution in [3.8, 4) is 0 Å². The minimum absolute atomic E-state index is 0.216. The van der Waals surface area contributed by atoms with Crippen molar-refractivity contribution in [2.75, 3.05) is 10.8 Å². The van der Waals surface area contributed by atoms with Gasteiger partial charge in [-0.3, -0.25) is 9.10 Å². The Bertz CT molecular complexity index is 1130. The van der Waals surface area contributed by atoms with Crippen LogP contribution in [-0.4, -0.2) is 26.6 Å². The molecule has 0 spiro atoms. The average Bonchev–Trinajstić information content (AvgIpc) is 3.23. The molecule has 26 heavy (non-hydrogen) atoms. The Labute approximate surface area is 150 Å². The molecule has 2 aromatic carbocycles. The predicted octanol–water partition coefficient (Wildman–Crippen LogP) is 2.48. The molecule has 0 atom stereocenters. The number of anilines is 1. The monoisotopic (exact) mass is 369 g/mol. The molecule has 3 aromatic rings. The van der Waals surface area contributed by atoms with Crippen molar-refractivity contribution in [3.63, 3.8) is 0 Å². The van der Waals surface area contributed by atoms with Gasteiger partial charge in [0.25, 0.3) is 15.9 Å². The van der Waals surface area contributed by atoms with E-state index in [-0.39, 0.29) is 11.4 Å². The van der Waals surface area contributed by atoms with Gasteiger partial charge in [0.05, 0.1) is 16.8 Å². The van der Waals surface area contributed by atoms with Gasteiger partial charge in [0, 0.05) is 5.39 Å². The first-order valence-electron chi connectivity index (χ1n) is 7.90. The van der Waals surface area contributed by atoms with Crippen LogP contribution >= 0.6 is 0 Å². The number of furan rings is 1. The third kappa shape index (κ3) is 2.55. The van der Waals surface area contributed by atoms with Crippen LogP contribution in [0.2, 0.25) is 0 Å².